The Morgan fingerprint density at radius 2 is 2.07 bits per heavy atom. The number of rotatable bonds is 2. The number of hydrogen-bond acceptors (Lipinski definition) is 2. The summed E-state index contributed by atoms with van der Waals surface area (Å²) >= 11 is 2.00. The minimum atomic E-state index is 0.441. The number of thioether (sulfide) groups is 1. The summed E-state index contributed by atoms with van der Waals surface area (Å²) < 4.78 is 0. The average Bonchev–Trinajstić information content (AvgIpc) is 2.56. The second-order valence-corrected chi connectivity index (χ2v) is 5.42. The Morgan fingerprint density at radius 1 is 1.29 bits per heavy atom. The maximum Gasteiger partial charge on any atom is 0.0110 e. The van der Waals surface area contributed by atoms with Crippen molar-refractivity contribution in [2.45, 2.75) is 42.4 Å². The Morgan fingerprint density at radius 3 is 2.71 bits per heavy atom. The van der Waals surface area contributed by atoms with Crippen molar-refractivity contribution in [3.8, 4) is 0 Å². The average molecular weight is 207 g/mol. The molecule has 2 unspecified atom stereocenters. The van der Waals surface area contributed by atoms with Crippen LogP contribution in [0.5, 0.6) is 0 Å². The van der Waals surface area contributed by atoms with Crippen LogP contribution in [-0.2, 0) is 0 Å². The maximum absolute atomic E-state index is 5.90. The van der Waals surface area contributed by atoms with E-state index in [9.17, 15) is 0 Å². The van der Waals surface area contributed by atoms with Gasteiger partial charge in [-0.3, -0.25) is 0 Å². The second kappa shape index (κ2) is 4.37. The molecule has 0 heterocycles. The molecule has 2 atom stereocenters. The van der Waals surface area contributed by atoms with Gasteiger partial charge in [-0.2, -0.15) is 0 Å². The van der Waals surface area contributed by atoms with Gasteiger partial charge in [-0.05, 0) is 37.8 Å². The van der Waals surface area contributed by atoms with Crippen LogP contribution >= 0.6 is 11.8 Å². The van der Waals surface area contributed by atoms with Crippen molar-refractivity contribution >= 4 is 11.8 Å². The normalized spacial score (nSPS) is 26.7. The topological polar surface area (TPSA) is 26.0 Å². The van der Waals surface area contributed by atoms with Gasteiger partial charge < -0.3 is 5.73 Å². The Balaban J connectivity index is 2.01. The number of aryl methyl sites for hydroxylation is 1. The van der Waals surface area contributed by atoms with Gasteiger partial charge in [0, 0.05) is 16.2 Å². The van der Waals surface area contributed by atoms with Crippen molar-refractivity contribution in [1.29, 1.82) is 0 Å². The number of hydrogen-bond donors (Lipinski definition) is 1. The fourth-order valence-corrected chi connectivity index (χ4v) is 3.32. The summed E-state index contributed by atoms with van der Waals surface area (Å²) in [4.78, 5) is 1.42. The van der Waals surface area contributed by atoms with Crippen LogP contribution in [0.25, 0.3) is 0 Å². The number of nitrogens with two attached hydrogens (primary N) is 1. The van der Waals surface area contributed by atoms with E-state index in [0.717, 1.165) is 5.25 Å². The summed E-state index contributed by atoms with van der Waals surface area (Å²) in [6.07, 6.45) is 3.66. The van der Waals surface area contributed by atoms with Crippen LogP contribution in [0.4, 0.5) is 0 Å². The monoisotopic (exact) mass is 207 g/mol. The van der Waals surface area contributed by atoms with Crippen molar-refractivity contribution < 1.29 is 0 Å². The Hall–Kier alpha value is -0.470. The zero-order chi connectivity index (χ0) is 9.97. The molecule has 0 radical (unpaired) electrons. The molecule has 1 aliphatic rings. The van der Waals surface area contributed by atoms with Gasteiger partial charge in [0.2, 0.25) is 0 Å². The van der Waals surface area contributed by atoms with Crippen molar-refractivity contribution in [3.05, 3.63) is 29.8 Å². The van der Waals surface area contributed by atoms with Crippen molar-refractivity contribution in [2.75, 3.05) is 0 Å². The van der Waals surface area contributed by atoms with Gasteiger partial charge in [0.15, 0.2) is 0 Å². The van der Waals surface area contributed by atoms with E-state index in [4.69, 9.17) is 5.73 Å². The zero-order valence-electron chi connectivity index (χ0n) is 8.57. The van der Waals surface area contributed by atoms with E-state index in [1.54, 1.807) is 0 Å². The summed E-state index contributed by atoms with van der Waals surface area (Å²) in [5.41, 5.74) is 7.29. The van der Waals surface area contributed by atoms with Crippen LogP contribution in [0.1, 0.15) is 24.8 Å². The summed E-state index contributed by atoms with van der Waals surface area (Å²) in [6.45, 7) is 2.18. The third kappa shape index (κ3) is 2.31. The standard InChI is InChI=1S/C12H17NS/c1-9-4-2-3-5-12(9)14-11-7-6-10(13)8-11/h2-5,10-11H,6-8,13H2,1H3. The smallest absolute Gasteiger partial charge is 0.0110 e. The molecule has 1 saturated carbocycles. The van der Waals surface area contributed by atoms with Crippen LogP contribution in [0.2, 0.25) is 0 Å². The largest absolute Gasteiger partial charge is 0.328 e. The van der Waals surface area contributed by atoms with Crippen LogP contribution < -0.4 is 5.73 Å². The van der Waals surface area contributed by atoms with Crippen LogP contribution in [0.3, 0.4) is 0 Å². The first-order valence-corrected chi connectivity index (χ1v) is 6.11. The van der Waals surface area contributed by atoms with Gasteiger partial charge in [0.1, 0.15) is 0 Å². The fourth-order valence-electron chi connectivity index (χ4n) is 1.95. The second-order valence-electron chi connectivity index (χ2n) is 4.08. The van der Waals surface area contributed by atoms with Gasteiger partial charge in [0.05, 0.1) is 0 Å². The van der Waals surface area contributed by atoms with Gasteiger partial charge in [-0.15, -0.1) is 11.8 Å². The molecule has 1 aromatic carbocycles. The predicted octanol–water partition coefficient (Wildman–Crippen LogP) is 2.97. The molecule has 0 aliphatic heterocycles. The lowest BCUT2D eigenvalue weighted by molar-refractivity contribution is 0.706. The van der Waals surface area contributed by atoms with E-state index in [-0.39, 0.29) is 0 Å². The molecule has 76 valence electrons. The van der Waals surface area contributed by atoms with Crippen molar-refractivity contribution in [3.63, 3.8) is 0 Å². The first-order chi connectivity index (χ1) is 6.75. The Kier molecular flexibility index (Phi) is 3.14. The fraction of sp³-hybridized carbons (Fsp3) is 0.500. The molecule has 14 heavy (non-hydrogen) atoms. The van der Waals surface area contributed by atoms with E-state index in [1.165, 1.54) is 29.7 Å². The molecule has 0 bridgehead atoms. The quantitative estimate of drug-likeness (QED) is 0.807. The van der Waals surface area contributed by atoms with Crippen molar-refractivity contribution in [1.82, 2.24) is 0 Å². The molecular weight excluding hydrogens is 190 g/mol. The lowest BCUT2D eigenvalue weighted by Crippen LogP contribution is -2.15. The Labute approximate surface area is 90.1 Å². The minimum Gasteiger partial charge on any atom is -0.328 e. The molecule has 1 fully saturated rings. The Bertz CT molecular complexity index is 311. The molecule has 2 heteroatoms. The third-order valence-corrected chi connectivity index (χ3v) is 4.29. The van der Waals surface area contributed by atoms with Gasteiger partial charge in [-0.25, -0.2) is 0 Å². The highest BCUT2D eigenvalue weighted by molar-refractivity contribution is 8.00. The van der Waals surface area contributed by atoms with Crippen LogP contribution in [0, 0.1) is 6.92 Å². The van der Waals surface area contributed by atoms with Crippen molar-refractivity contribution in [2.24, 2.45) is 5.73 Å². The molecule has 2 N–H and O–H groups in total. The summed E-state index contributed by atoms with van der Waals surface area (Å²) in [6, 6.07) is 9.04. The predicted molar refractivity (Wildman–Crippen MR) is 62.7 cm³/mol. The molecular formula is C12H17NS. The first-order valence-electron chi connectivity index (χ1n) is 5.23. The molecule has 2 rings (SSSR count). The summed E-state index contributed by atoms with van der Waals surface area (Å²) in [7, 11) is 0. The molecule has 0 aromatic heterocycles. The lowest BCUT2D eigenvalue weighted by atomic mass is 10.2. The molecule has 1 aromatic rings. The first kappa shape index (κ1) is 10.1. The number of benzene rings is 1. The molecule has 0 saturated heterocycles. The minimum absolute atomic E-state index is 0.441. The zero-order valence-corrected chi connectivity index (χ0v) is 9.39. The van der Waals surface area contributed by atoms with E-state index in [1.807, 2.05) is 11.8 Å². The van der Waals surface area contributed by atoms with E-state index >= 15 is 0 Å². The van der Waals surface area contributed by atoms with E-state index < -0.39 is 0 Å². The molecule has 0 amide bonds. The van der Waals surface area contributed by atoms with Crippen LogP contribution in [-0.4, -0.2) is 11.3 Å². The van der Waals surface area contributed by atoms with E-state index in [0.29, 0.717) is 6.04 Å². The molecule has 1 nitrogen and oxygen atoms in total. The maximum atomic E-state index is 5.90. The lowest BCUT2D eigenvalue weighted by Gasteiger charge is -2.10. The highest BCUT2D eigenvalue weighted by atomic mass is 32.2. The highest BCUT2D eigenvalue weighted by Crippen LogP contribution is 2.35. The van der Waals surface area contributed by atoms with Gasteiger partial charge in [-0.1, -0.05) is 18.2 Å². The molecule has 0 spiro atoms. The summed E-state index contributed by atoms with van der Waals surface area (Å²) in [5.74, 6) is 0. The highest BCUT2D eigenvalue weighted by Gasteiger charge is 2.22. The third-order valence-electron chi connectivity index (χ3n) is 2.81. The van der Waals surface area contributed by atoms with E-state index in [2.05, 4.69) is 31.2 Å². The van der Waals surface area contributed by atoms with Gasteiger partial charge >= 0.3 is 0 Å². The summed E-state index contributed by atoms with van der Waals surface area (Å²) in [5, 5.41) is 0.742. The SMILES string of the molecule is Cc1ccccc1SC1CCC(N)C1. The molecule has 1 aliphatic carbocycles. The van der Waals surface area contributed by atoms with Gasteiger partial charge in [0.25, 0.3) is 0 Å². The van der Waals surface area contributed by atoms with Crippen LogP contribution in [0.15, 0.2) is 29.2 Å².